The lowest BCUT2D eigenvalue weighted by molar-refractivity contribution is -0.137. The van der Waals surface area contributed by atoms with Crippen LogP contribution in [-0.4, -0.2) is 25.2 Å². The molecule has 0 aliphatic carbocycles. The predicted molar refractivity (Wildman–Crippen MR) is 127 cm³/mol. The third-order valence-electron chi connectivity index (χ3n) is 5.92. The van der Waals surface area contributed by atoms with Crippen molar-refractivity contribution in [1.29, 1.82) is 0 Å². The van der Waals surface area contributed by atoms with Gasteiger partial charge in [0, 0.05) is 41.5 Å². The highest BCUT2D eigenvalue weighted by Gasteiger charge is 2.30. The van der Waals surface area contributed by atoms with Crippen LogP contribution in [0.25, 0.3) is 27.6 Å². The van der Waals surface area contributed by atoms with Crippen molar-refractivity contribution in [1.82, 2.24) is 24.6 Å². The van der Waals surface area contributed by atoms with Crippen LogP contribution in [-0.2, 0) is 13.2 Å². The summed E-state index contributed by atoms with van der Waals surface area (Å²) in [7, 11) is 1.77. The Hall–Kier alpha value is -4.34. The zero-order valence-corrected chi connectivity index (χ0v) is 18.8. The molecule has 0 aliphatic heterocycles. The summed E-state index contributed by atoms with van der Waals surface area (Å²) in [4.78, 5) is 17.0. The fourth-order valence-electron chi connectivity index (χ4n) is 4.19. The molecule has 3 aromatic heterocycles. The number of pyridine rings is 1. The van der Waals surface area contributed by atoms with E-state index in [2.05, 4.69) is 15.4 Å². The molecule has 1 amide bonds. The molecule has 3 N–H and O–H groups in total. The molecule has 0 saturated carbocycles. The largest absolute Gasteiger partial charge is 0.416 e. The van der Waals surface area contributed by atoms with Crippen LogP contribution in [0.15, 0.2) is 67.0 Å². The Morgan fingerprint density at radius 2 is 1.80 bits per heavy atom. The first-order chi connectivity index (χ1) is 16.6. The number of carbonyl (C=O) groups is 1. The number of nitrogens with two attached hydrogens (primary N) is 1. The molecule has 35 heavy (non-hydrogen) atoms. The second-order valence-electron chi connectivity index (χ2n) is 8.36. The standard InChI is InChI=1S/C25H21F3N6O/c1-14(15-9-10-30-22(29)12-15)31-24(35)16-3-8-21-19(11-16)20-13-33(2)32-23(20)34(21)18-6-4-17(5-7-18)25(26,27)28/h3-14H,1-2H3,(H2,29,30)(H,31,35)/t14-/m1/s1. The first-order valence-corrected chi connectivity index (χ1v) is 10.8. The van der Waals surface area contributed by atoms with E-state index in [1.807, 2.05) is 13.1 Å². The van der Waals surface area contributed by atoms with Gasteiger partial charge in [0.1, 0.15) is 5.82 Å². The number of anilines is 1. The van der Waals surface area contributed by atoms with Crippen LogP contribution in [0.2, 0.25) is 0 Å². The normalized spacial score (nSPS) is 12.8. The molecule has 0 spiro atoms. The number of nitrogens with one attached hydrogen (secondary N) is 1. The summed E-state index contributed by atoms with van der Waals surface area (Å²) in [5, 5.41) is 9.02. The number of rotatable bonds is 4. The number of aromatic nitrogens is 4. The number of halogens is 3. The van der Waals surface area contributed by atoms with E-state index in [0.717, 1.165) is 34.0 Å². The van der Waals surface area contributed by atoms with Crippen LogP contribution in [0, 0.1) is 0 Å². The van der Waals surface area contributed by atoms with Crippen LogP contribution < -0.4 is 11.1 Å². The summed E-state index contributed by atoms with van der Waals surface area (Å²) < 4.78 is 42.5. The Labute approximate surface area is 198 Å². The van der Waals surface area contributed by atoms with Gasteiger partial charge in [-0.05, 0) is 67.1 Å². The molecule has 10 heteroatoms. The van der Waals surface area contributed by atoms with Crippen LogP contribution in [0.3, 0.4) is 0 Å². The van der Waals surface area contributed by atoms with E-state index >= 15 is 0 Å². The first-order valence-electron chi connectivity index (χ1n) is 10.8. The fourth-order valence-corrected chi connectivity index (χ4v) is 4.19. The number of hydrogen-bond acceptors (Lipinski definition) is 4. The van der Waals surface area contributed by atoms with Crippen LogP contribution in [0.4, 0.5) is 19.0 Å². The minimum absolute atomic E-state index is 0.269. The van der Waals surface area contributed by atoms with Crippen LogP contribution in [0.1, 0.15) is 34.5 Å². The molecule has 0 fully saturated rings. The van der Waals surface area contributed by atoms with E-state index in [9.17, 15) is 18.0 Å². The summed E-state index contributed by atoms with van der Waals surface area (Å²) in [6, 6.07) is 13.4. The predicted octanol–water partition coefficient (Wildman–Crippen LogP) is 5.00. The maximum atomic E-state index is 13.0. The number of carbonyl (C=O) groups excluding carboxylic acids is 1. The smallest absolute Gasteiger partial charge is 0.384 e. The average molecular weight is 478 g/mol. The van der Waals surface area contributed by atoms with Gasteiger partial charge >= 0.3 is 6.18 Å². The number of fused-ring (bicyclic) bond motifs is 3. The lowest BCUT2D eigenvalue weighted by Gasteiger charge is -2.15. The molecule has 178 valence electrons. The average Bonchev–Trinajstić information content (AvgIpc) is 3.32. The van der Waals surface area contributed by atoms with Crippen molar-refractivity contribution in [3.63, 3.8) is 0 Å². The maximum absolute atomic E-state index is 13.0. The molecular weight excluding hydrogens is 457 g/mol. The lowest BCUT2D eigenvalue weighted by atomic mass is 10.1. The highest BCUT2D eigenvalue weighted by atomic mass is 19.4. The molecule has 5 aromatic rings. The van der Waals surface area contributed by atoms with E-state index in [4.69, 9.17) is 5.73 Å². The quantitative estimate of drug-likeness (QED) is 0.380. The molecule has 5 rings (SSSR count). The third kappa shape index (κ3) is 4.07. The molecule has 0 radical (unpaired) electrons. The molecule has 0 aliphatic rings. The van der Waals surface area contributed by atoms with E-state index in [0.29, 0.717) is 22.7 Å². The molecule has 7 nitrogen and oxygen atoms in total. The molecule has 1 atom stereocenters. The number of aryl methyl sites for hydroxylation is 1. The van der Waals surface area contributed by atoms with E-state index in [1.54, 1.807) is 52.8 Å². The second kappa shape index (κ2) is 8.15. The van der Waals surface area contributed by atoms with E-state index in [1.165, 1.54) is 12.1 Å². The van der Waals surface area contributed by atoms with Crippen molar-refractivity contribution in [2.24, 2.45) is 7.05 Å². The van der Waals surface area contributed by atoms with Gasteiger partial charge in [-0.25, -0.2) is 4.98 Å². The third-order valence-corrected chi connectivity index (χ3v) is 5.92. The van der Waals surface area contributed by atoms with Gasteiger partial charge in [-0.1, -0.05) is 0 Å². The van der Waals surface area contributed by atoms with Gasteiger partial charge < -0.3 is 11.1 Å². The Morgan fingerprint density at radius 1 is 1.06 bits per heavy atom. The highest BCUT2D eigenvalue weighted by molar-refractivity contribution is 6.10. The maximum Gasteiger partial charge on any atom is 0.416 e. The minimum Gasteiger partial charge on any atom is -0.384 e. The second-order valence-corrected chi connectivity index (χ2v) is 8.36. The number of benzene rings is 2. The van der Waals surface area contributed by atoms with Crippen molar-refractivity contribution in [3.8, 4) is 5.69 Å². The fraction of sp³-hybridized carbons (Fsp3) is 0.160. The zero-order chi connectivity index (χ0) is 24.9. The number of hydrogen-bond donors (Lipinski definition) is 2. The summed E-state index contributed by atoms with van der Waals surface area (Å²) in [6.07, 6.45) is -1.01. The molecule has 0 unspecified atom stereocenters. The van der Waals surface area contributed by atoms with Gasteiger partial charge in [-0.15, -0.1) is 0 Å². The van der Waals surface area contributed by atoms with Gasteiger partial charge in [-0.2, -0.15) is 18.3 Å². The van der Waals surface area contributed by atoms with Crippen molar-refractivity contribution >= 4 is 33.7 Å². The summed E-state index contributed by atoms with van der Waals surface area (Å²) in [5.74, 6) is 0.0997. The van der Waals surface area contributed by atoms with Crippen LogP contribution >= 0.6 is 0 Å². The van der Waals surface area contributed by atoms with Gasteiger partial charge in [0.15, 0.2) is 5.65 Å². The number of amides is 1. The SMILES string of the molecule is C[C@@H](NC(=O)c1ccc2c(c1)c1cn(C)nc1n2-c1ccc(C(F)(F)F)cc1)c1ccnc(N)c1. The zero-order valence-electron chi connectivity index (χ0n) is 18.8. The van der Waals surface area contributed by atoms with Gasteiger partial charge in [0.05, 0.1) is 17.1 Å². The molecular formula is C25H21F3N6O. The molecule has 3 heterocycles. The van der Waals surface area contributed by atoms with Crippen molar-refractivity contribution in [2.45, 2.75) is 19.1 Å². The highest BCUT2D eigenvalue weighted by Crippen LogP contribution is 2.34. The van der Waals surface area contributed by atoms with Crippen molar-refractivity contribution < 1.29 is 18.0 Å². The van der Waals surface area contributed by atoms with E-state index in [-0.39, 0.29) is 11.9 Å². The molecule has 0 bridgehead atoms. The summed E-state index contributed by atoms with van der Waals surface area (Å²) in [6.45, 7) is 1.85. The Bertz CT molecular complexity index is 1570. The van der Waals surface area contributed by atoms with E-state index < -0.39 is 11.7 Å². The van der Waals surface area contributed by atoms with Gasteiger partial charge in [0.25, 0.3) is 5.91 Å². The first kappa shape index (κ1) is 22.5. The number of alkyl halides is 3. The summed E-state index contributed by atoms with van der Waals surface area (Å²) in [5.41, 5.74) is 8.15. The molecule has 0 saturated heterocycles. The Morgan fingerprint density at radius 3 is 2.49 bits per heavy atom. The minimum atomic E-state index is -4.42. The number of nitrogen functional groups attached to an aromatic ring is 1. The van der Waals surface area contributed by atoms with Gasteiger partial charge in [-0.3, -0.25) is 14.0 Å². The lowest BCUT2D eigenvalue weighted by Crippen LogP contribution is -2.26. The molecule has 2 aromatic carbocycles. The summed E-state index contributed by atoms with van der Waals surface area (Å²) >= 11 is 0. The van der Waals surface area contributed by atoms with Crippen molar-refractivity contribution in [3.05, 3.63) is 83.7 Å². The Balaban J connectivity index is 1.54. The Kier molecular flexibility index (Phi) is 5.23. The topological polar surface area (TPSA) is 90.8 Å². The van der Waals surface area contributed by atoms with Crippen molar-refractivity contribution in [2.75, 3.05) is 5.73 Å². The monoisotopic (exact) mass is 478 g/mol. The number of nitrogens with zero attached hydrogens (tertiary/aromatic N) is 4. The van der Waals surface area contributed by atoms with Gasteiger partial charge in [0.2, 0.25) is 0 Å². The van der Waals surface area contributed by atoms with Crippen LogP contribution in [0.5, 0.6) is 0 Å².